The van der Waals surface area contributed by atoms with Crippen molar-refractivity contribution in [2.24, 2.45) is 0 Å². The molecule has 0 radical (unpaired) electrons. The zero-order chi connectivity index (χ0) is 13.3. The third-order valence-electron chi connectivity index (χ3n) is 2.36. The summed E-state index contributed by atoms with van der Waals surface area (Å²) >= 11 is 9.08. The van der Waals surface area contributed by atoms with Crippen LogP contribution in [0.15, 0.2) is 41.3 Å². The molecule has 94 valence electrons. The molecule has 2 aromatic rings. The molecule has 0 bridgehead atoms. The Morgan fingerprint density at radius 1 is 1.11 bits per heavy atom. The lowest BCUT2D eigenvalue weighted by Gasteiger charge is -2.11. The third kappa shape index (κ3) is 2.57. The summed E-state index contributed by atoms with van der Waals surface area (Å²) in [5, 5.41) is 0.683. The highest BCUT2D eigenvalue weighted by molar-refractivity contribution is 7.79. The lowest BCUT2D eigenvalue weighted by molar-refractivity contribution is 0.524. The van der Waals surface area contributed by atoms with Crippen molar-refractivity contribution in [1.82, 2.24) is 0 Å². The van der Waals surface area contributed by atoms with Gasteiger partial charge in [-0.05, 0) is 29.3 Å². The van der Waals surface area contributed by atoms with Gasteiger partial charge in [0.1, 0.15) is 5.82 Å². The van der Waals surface area contributed by atoms with Crippen molar-refractivity contribution in [2.45, 2.75) is 4.90 Å². The molecule has 1 unspecified atom stereocenters. The molecule has 0 heterocycles. The second-order valence-electron chi connectivity index (χ2n) is 3.48. The van der Waals surface area contributed by atoms with Gasteiger partial charge >= 0.3 is 0 Å². The first kappa shape index (κ1) is 13.5. The van der Waals surface area contributed by atoms with Crippen molar-refractivity contribution in [2.75, 3.05) is 0 Å². The molecule has 0 fully saturated rings. The lowest BCUT2D eigenvalue weighted by Crippen LogP contribution is -1.96. The van der Waals surface area contributed by atoms with Crippen LogP contribution in [0.25, 0.3) is 11.1 Å². The normalized spacial score (nSPS) is 12.4. The van der Waals surface area contributed by atoms with E-state index in [1.165, 1.54) is 24.3 Å². The minimum Gasteiger partial charge on any atom is -0.768 e. The first-order valence-corrected chi connectivity index (χ1v) is 6.67. The summed E-state index contributed by atoms with van der Waals surface area (Å²) in [7, 11) is 0. The maximum atomic E-state index is 14.0. The van der Waals surface area contributed by atoms with Crippen LogP contribution in [-0.2, 0) is 11.1 Å². The standard InChI is InChI=1S/C12H7Cl2FO2S/c13-7-4-5-8(10(14)6-7)9-2-1-3-11(12(9)15)18(16)17/h1-6H,(H,16,17)/p-1. The molecule has 0 N–H and O–H groups in total. The molecule has 1 atom stereocenters. The number of rotatable bonds is 2. The van der Waals surface area contributed by atoms with E-state index in [9.17, 15) is 13.2 Å². The molecule has 2 nitrogen and oxygen atoms in total. The Kier molecular flexibility index (Phi) is 4.02. The molecule has 0 aliphatic rings. The zero-order valence-electron chi connectivity index (χ0n) is 8.82. The summed E-state index contributed by atoms with van der Waals surface area (Å²) in [6.07, 6.45) is 0. The largest absolute Gasteiger partial charge is 0.768 e. The molecule has 2 rings (SSSR count). The average molecular weight is 304 g/mol. The van der Waals surface area contributed by atoms with Crippen LogP contribution in [0.3, 0.4) is 0 Å². The van der Waals surface area contributed by atoms with Crippen molar-refractivity contribution in [3.8, 4) is 11.1 Å². The highest BCUT2D eigenvalue weighted by atomic mass is 35.5. The van der Waals surface area contributed by atoms with Crippen LogP contribution in [0.5, 0.6) is 0 Å². The summed E-state index contributed by atoms with van der Waals surface area (Å²) < 4.78 is 35.7. The molecular weight excluding hydrogens is 298 g/mol. The Hall–Kier alpha value is -0.940. The van der Waals surface area contributed by atoms with Gasteiger partial charge < -0.3 is 4.55 Å². The van der Waals surface area contributed by atoms with Crippen LogP contribution in [0.4, 0.5) is 4.39 Å². The van der Waals surface area contributed by atoms with Gasteiger partial charge in [-0.1, -0.05) is 41.4 Å². The minimum atomic E-state index is -2.63. The Labute approximate surface area is 116 Å². The summed E-state index contributed by atoms with van der Waals surface area (Å²) in [6.45, 7) is 0. The van der Waals surface area contributed by atoms with Crippen molar-refractivity contribution in [3.05, 3.63) is 52.3 Å². The molecule has 0 spiro atoms. The summed E-state index contributed by atoms with van der Waals surface area (Å²) in [5.74, 6) is -0.824. The molecule has 18 heavy (non-hydrogen) atoms. The number of hydrogen-bond acceptors (Lipinski definition) is 2. The van der Waals surface area contributed by atoms with Crippen molar-refractivity contribution in [1.29, 1.82) is 0 Å². The molecular formula is C12H6Cl2FO2S-. The van der Waals surface area contributed by atoms with E-state index in [0.717, 1.165) is 0 Å². The Bertz CT molecular complexity index is 631. The molecule has 0 saturated carbocycles. The lowest BCUT2D eigenvalue weighted by atomic mass is 10.1. The second-order valence-corrected chi connectivity index (χ2v) is 5.23. The Morgan fingerprint density at radius 3 is 2.44 bits per heavy atom. The number of hydrogen-bond donors (Lipinski definition) is 0. The molecule has 0 aliphatic heterocycles. The van der Waals surface area contributed by atoms with E-state index in [4.69, 9.17) is 23.2 Å². The topological polar surface area (TPSA) is 40.1 Å². The van der Waals surface area contributed by atoms with E-state index in [-0.39, 0.29) is 10.6 Å². The minimum absolute atomic E-state index is 0.123. The van der Waals surface area contributed by atoms with Crippen LogP contribution in [-0.4, -0.2) is 8.76 Å². The van der Waals surface area contributed by atoms with E-state index in [1.807, 2.05) is 0 Å². The van der Waals surface area contributed by atoms with Gasteiger partial charge in [-0.25, -0.2) is 4.39 Å². The van der Waals surface area contributed by atoms with Crippen LogP contribution < -0.4 is 0 Å². The van der Waals surface area contributed by atoms with Gasteiger partial charge in [0.15, 0.2) is 0 Å². The summed E-state index contributed by atoms with van der Waals surface area (Å²) in [6, 6.07) is 8.67. The first-order chi connectivity index (χ1) is 8.50. The van der Waals surface area contributed by atoms with Crippen molar-refractivity contribution in [3.63, 3.8) is 0 Å². The van der Waals surface area contributed by atoms with Crippen LogP contribution >= 0.6 is 23.2 Å². The predicted octanol–water partition coefficient (Wildman–Crippen LogP) is 4.04. The summed E-state index contributed by atoms with van der Waals surface area (Å²) in [4.78, 5) is -0.390. The molecule has 0 amide bonds. The Morgan fingerprint density at radius 2 is 1.83 bits per heavy atom. The highest BCUT2D eigenvalue weighted by Gasteiger charge is 2.13. The zero-order valence-corrected chi connectivity index (χ0v) is 11.2. The van der Waals surface area contributed by atoms with Crippen LogP contribution in [0, 0.1) is 5.82 Å². The van der Waals surface area contributed by atoms with Crippen molar-refractivity contribution < 1.29 is 13.2 Å². The quantitative estimate of drug-likeness (QED) is 0.786. The van der Waals surface area contributed by atoms with E-state index in [0.29, 0.717) is 10.6 Å². The van der Waals surface area contributed by atoms with Gasteiger partial charge in [-0.3, -0.25) is 4.21 Å². The van der Waals surface area contributed by atoms with Crippen LogP contribution in [0.2, 0.25) is 10.0 Å². The number of halogens is 3. The third-order valence-corrected chi connectivity index (χ3v) is 3.59. The van der Waals surface area contributed by atoms with Gasteiger partial charge in [0, 0.05) is 21.2 Å². The van der Waals surface area contributed by atoms with E-state index >= 15 is 0 Å². The second kappa shape index (κ2) is 5.36. The molecule has 6 heteroatoms. The maximum Gasteiger partial charge on any atom is 0.146 e. The average Bonchev–Trinajstić information content (AvgIpc) is 2.30. The first-order valence-electron chi connectivity index (χ1n) is 4.84. The Balaban J connectivity index is 2.64. The van der Waals surface area contributed by atoms with Gasteiger partial charge in [0.25, 0.3) is 0 Å². The highest BCUT2D eigenvalue weighted by Crippen LogP contribution is 2.33. The van der Waals surface area contributed by atoms with Crippen LogP contribution in [0.1, 0.15) is 0 Å². The maximum absolute atomic E-state index is 14.0. The SMILES string of the molecule is O=S([O-])c1cccc(-c2ccc(Cl)cc2Cl)c1F. The predicted molar refractivity (Wildman–Crippen MR) is 69.0 cm³/mol. The molecule has 0 saturated heterocycles. The van der Waals surface area contributed by atoms with E-state index < -0.39 is 21.8 Å². The monoisotopic (exact) mass is 303 g/mol. The van der Waals surface area contributed by atoms with E-state index in [2.05, 4.69) is 0 Å². The molecule has 0 aliphatic carbocycles. The number of benzene rings is 2. The van der Waals surface area contributed by atoms with Gasteiger partial charge in [-0.15, -0.1) is 0 Å². The summed E-state index contributed by atoms with van der Waals surface area (Å²) in [5.41, 5.74) is 0.518. The molecule has 2 aromatic carbocycles. The fourth-order valence-corrected chi connectivity index (χ4v) is 2.51. The molecule has 0 aromatic heterocycles. The van der Waals surface area contributed by atoms with E-state index in [1.54, 1.807) is 12.1 Å². The van der Waals surface area contributed by atoms with Gasteiger partial charge in [0.2, 0.25) is 0 Å². The fourth-order valence-electron chi connectivity index (χ4n) is 1.56. The smallest absolute Gasteiger partial charge is 0.146 e. The van der Waals surface area contributed by atoms with Gasteiger partial charge in [-0.2, -0.15) is 0 Å². The fraction of sp³-hybridized carbons (Fsp3) is 0. The van der Waals surface area contributed by atoms with Gasteiger partial charge in [0.05, 0.1) is 4.90 Å². The van der Waals surface area contributed by atoms with Crippen molar-refractivity contribution >= 4 is 34.3 Å².